The largest absolute Gasteiger partial charge is 0.322 e. The van der Waals surface area contributed by atoms with Gasteiger partial charge in [0.1, 0.15) is 5.69 Å². The highest BCUT2D eigenvalue weighted by atomic mass is 35.5. The number of carbonyl (C=O) groups excluding carboxylic acids is 1. The third-order valence-corrected chi connectivity index (χ3v) is 5.17. The van der Waals surface area contributed by atoms with E-state index in [0.29, 0.717) is 16.9 Å². The third-order valence-electron chi connectivity index (χ3n) is 3.73. The molecule has 0 bridgehead atoms. The minimum absolute atomic E-state index is 0.0250. The molecular weight excluding hydrogens is 396 g/mol. The molecule has 0 aliphatic carbocycles. The number of pyridine rings is 1. The molecule has 3 aromatic rings. The SMILES string of the molecule is CS(=O)(=O)c1ccc(Cl)c(C(=O)Nc2cccc(C#Cc3ccccn3)c2)c1. The van der Waals surface area contributed by atoms with Gasteiger partial charge in [-0.3, -0.25) is 4.79 Å². The molecular formula is C21H15ClN2O3S. The van der Waals surface area contributed by atoms with Crippen LogP contribution >= 0.6 is 11.6 Å². The molecule has 5 nitrogen and oxygen atoms in total. The van der Waals surface area contributed by atoms with Crippen molar-refractivity contribution in [1.82, 2.24) is 4.98 Å². The lowest BCUT2D eigenvalue weighted by Gasteiger charge is -2.08. The number of hydrogen-bond donors (Lipinski definition) is 1. The van der Waals surface area contributed by atoms with Crippen LogP contribution in [0.1, 0.15) is 21.6 Å². The van der Waals surface area contributed by atoms with Gasteiger partial charge in [-0.2, -0.15) is 0 Å². The van der Waals surface area contributed by atoms with Crippen molar-refractivity contribution >= 4 is 33.0 Å². The van der Waals surface area contributed by atoms with Crippen molar-refractivity contribution in [2.75, 3.05) is 11.6 Å². The Morgan fingerprint density at radius 2 is 1.86 bits per heavy atom. The molecule has 1 N–H and O–H groups in total. The van der Waals surface area contributed by atoms with Crippen molar-refractivity contribution in [1.29, 1.82) is 0 Å². The van der Waals surface area contributed by atoms with Crippen molar-refractivity contribution in [3.8, 4) is 11.8 Å². The molecule has 1 amide bonds. The van der Waals surface area contributed by atoms with E-state index in [1.807, 2.05) is 18.2 Å². The van der Waals surface area contributed by atoms with Crippen molar-refractivity contribution in [3.05, 3.63) is 88.7 Å². The zero-order valence-corrected chi connectivity index (χ0v) is 16.4. The van der Waals surface area contributed by atoms with Crippen LogP contribution in [-0.4, -0.2) is 25.6 Å². The van der Waals surface area contributed by atoms with E-state index in [1.54, 1.807) is 30.5 Å². The fourth-order valence-electron chi connectivity index (χ4n) is 2.36. The number of carbonyl (C=O) groups is 1. The first-order valence-electron chi connectivity index (χ1n) is 8.17. The Labute approximate surface area is 168 Å². The molecule has 0 saturated heterocycles. The molecule has 0 aliphatic heterocycles. The second-order valence-corrected chi connectivity index (χ2v) is 8.34. The van der Waals surface area contributed by atoms with Crippen LogP contribution in [0.2, 0.25) is 5.02 Å². The van der Waals surface area contributed by atoms with Crippen LogP contribution in [-0.2, 0) is 9.84 Å². The highest BCUT2D eigenvalue weighted by molar-refractivity contribution is 7.90. The lowest BCUT2D eigenvalue weighted by Crippen LogP contribution is -2.13. The van der Waals surface area contributed by atoms with Gasteiger partial charge in [0.2, 0.25) is 0 Å². The van der Waals surface area contributed by atoms with E-state index in [0.717, 1.165) is 6.26 Å². The van der Waals surface area contributed by atoms with Gasteiger partial charge in [0.05, 0.1) is 15.5 Å². The minimum atomic E-state index is -3.45. The van der Waals surface area contributed by atoms with Crippen LogP contribution in [0.15, 0.2) is 71.8 Å². The van der Waals surface area contributed by atoms with Gasteiger partial charge >= 0.3 is 0 Å². The summed E-state index contributed by atoms with van der Waals surface area (Å²) in [5, 5.41) is 2.88. The van der Waals surface area contributed by atoms with Gasteiger partial charge in [0.25, 0.3) is 5.91 Å². The van der Waals surface area contributed by atoms with Crippen LogP contribution in [0.3, 0.4) is 0 Å². The number of nitrogens with one attached hydrogen (secondary N) is 1. The van der Waals surface area contributed by atoms with Gasteiger partial charge in [-0.25, -0.2) is 13.4 Å². The first kappa shape index (κ1) is 19.6. The summed E-state index contributed by atoms with van der Waals surface area (Å²) >= 11 is 6.07. The second kappa shape index (κ2) is 8.26. The summed E-state index contributed by atoms with van der Waals surface area (Å²) < 4.78 is 23.4. The van der Waals surface area contributed by atoms with E-state index in [4.69, 9.17) is 11.6 Å². The lowest BCUT2D eigenvalue weighted by atomic mass is 10.1. The van der Waals surface area contributed by atoms with Gasteiger partial charge in [0.15, 0.2) is 9.84 Å². The summed E-state index contributed by atoms with van der Waals surface area (Å²) in [6, 6.07) is 16.5. The number of aromatic nitrogens is 1. The van der Waals surface area contributed by atoms with E-state index in [9.17, 15) is 13.2 Å². The molecule has 28 heavy (non-hydrogen) atoms. The number of rotatable bonds is 3. The molecule has 0 aliphatic rings. The summed E-state index contributed by atoms with van der Waals surface area (Å²) in [7, 11) is -3.45. The third kappa shape index (κ3) is 4.97. The highest BCUT2D eigenvalue weighted by Crippen LogP contribution is 2.22. The Morgan fingerprint density at radius 3 is 2.57 bits per heavy atom. The Kier molecular flexibility index (Phi) is 5.78. The monoisotopic (exact) mass is 410 g/mol. The normalized spacial score (nSPS) is 10.6. The Balaban J connectivity index is 1.83. The zero-order valence-electron chi connectivity index (χ0n) is 14.8. The number of sulfone groups is 1. The van der Waals surface area contributed by atoms with Gasteiger partial charge in [-0.05, 0) is 54.5 Å². The average Bonchev–Trinajstić information content (AvgIpc) is 2.67. The van der Waals surface area contributed by atoms with E-state index >= 15 is 0 Å². The fraction of sp³-hybridized carbons (Fsp3) is 0.0476. The molecule has 0 radical (unpaired) electrons. The van der Waals surface area contributed by atoms with Crippen LogP contribution in [0, 0.1) is 11.8 Å². The molecule has 0 fully saturated rings. The maximum absolute atomic E-state index is 12.6. The number of benzene rings is 2. The van der Waals surface area contributed by atoms with Crippen molar-refractivity contribution in [3.63, 3.8) is 0 Å². The molecule has 0 atom stereocenters. The molecule has 140 valence electrons. The smallest absolute Gasteiger partial charge is 0.257 e. The predicted molar refractivity (Wildman–Crippen MR) is 109 cm³/mol. The quantitative estimate of drug-likeness (QED) is 0.666. The minimum Gasteiger partial charge on any atom is -0.322 e. The van der Waals surface area contributed by atoms with E-state index in [2.05, 4.69) is 22.1 Å². The molecule has 1 aromatic heterocycles. The topological polar surface area (TPSA) is 76.1 Å². The predicted octanol–water partition coefficient (Wildman–Crippen LogP) is 3.79. The van der Waals surface area contributed by atoms with Crippen LogP contribution < -0.4 is 5.32 Å². The molecule has 3 rings (SSSR count). The number of halogens is 1. The summed E-state index contributed by atoms with van der Waals surface area (Å²) in [6.45, 7) is 0. The number of amides is 1. The summed E-state index contributed by atoms with van der Waals surface area (Å²) in [6.07, 6.45) is 2.73. The van der Waals surface area contributed by atoms with E-state index in [-0.39, 0.29) is 15.5 Å². The molecule has 1 heterocycles. The van der Waals surface area contributed by atoms with Crippen molar-refractivity contribution in [2.24, 2.45) is 0 Å². The second-order valence-electron chi connectivity index (χ2n) is 5.91. The van der Waals surface area contributed by atoms with Gasteiger partial charge in [0, 0.05) is 23.7 Å². The van der Waals surface area contributed by atoms with Crippen molar-refractivity contribution in [2.45, 2.75) is 4.90 Å². The maximum Gasteiger partial charge on any atom is 0.257 e. The van der Waals surface area contributed by atoms with Crippen LogP contribution in [0.5, 0.6) is 0 Å². The summed E-state index contributed by atoms with van der Waals surface area (Å²) in [4.78, 5) is 16.7. The van der Waals surface area contributed by atoms with E-state index in [1.165, 1.54) is 18.2 Å². The Bertz CT molecular complexity index is 1200. The molecule has 0 spiro atoms. The van der Waals surface area contributed by atoms with Crippen molar-refractivity contribution < 1.29 is 13.2 Å². The van der Waals surface area contributed by atoms with Gasteiger partial charge in [-0.1, -0.05) is 29.7 Å². The standard InChI is InChI=1S/C21H15ClN2O3S/c1-28(26,27)18-10-11-20(22)19(14-18)21(25)24-17-7-4-5-15(13-17)8-9-16-6-2-3-12-23-16/h2-7,10-14H,1H3,(H,24,25). The number of nitrogens with zero attached hydrogens (tertiary/aromatic N) is 1. The van der Waals surface area contributed by atoms with Crippen LogP contribution in [0.4, 0.5) is 5.69 Å². The molecule has 7 heteroatoms. The first-order valence-corrected chi connectivity index (χ1v) is 10.4. The van der Waals surface area contributed by atoms with Gasteiger partial charge < -0.3 is 5.32 Å². The van der Waals surface area contributed by atoms with Crippen LogP contribution in [0.25, 0.3) is 0 Å². The highest BCUT2D eigenvalue weighted by Gasteiger charge is 2.15. The fourth-order valence-corrected chi connectivity index (χ4v) is 3.21. The summed E-state index contributed by atoms with van der Waals surface area (Å²) in [5.74, 6) is 5.42. The maximum atomic E-state index is 12.6. The lowest BCUT2D eigenvalue weighted by molar-refractivity contribution is 0.102. The summed E-state index contributed by atoms with van der Waals surface area (Å²) in [5.41, 5.74) is 1.92. The molecule has 2 aromatic carbocycles. The Morgan fingerprint density at radius 1 is 1.04 bits per heavy atom. The first-order chi connectivity index (χ1) is 13.3. The Hall–Kier alpha value is -3.14. The van der Waals surface area contributed by atoms with Gasteiger partial charge in [-0.15, -0.1) is 0 Å². The van der Waals surface area contributed by atoms with E-state index < -0.39 is 15.7 Å². The number of anilines is 1. The molecule has 0 saturated carbocycles. The zero-order chi connectivity index (χ0) is 20.1. The average molecular weight is 411 g/mol. The number of hydrogen-bond acceptors (Lipinski definition) is 4. The molecule has 0 unspecified atom stereocenters.